The SMILES string of the molecule is CC(C)(C)c1ccc(-c2c3ccccc3c(-c3ccccc3)c3ccc(-c4cccc(-c5cccc6c5oc5ccccc56)c4)cc23)cc1.CC(C)c1ccc(-c2c3ccccc3c(-c3ccccc3)c3ccc(-c4cccc(-c5cccc6c5oc5ccccc56)c4)cc23)cc1.CCCCc1ccc(-c2c3ccccc3c(-c3ccccc3)c3ccc(-c4cccc(-c5cccc6c5oc5ccccc56)c4)cc23)cc1. The first-order valence-corrected chi connectivity index (χ1v) is 51.3. The van der Waals surface area contributed by atoms with Crippen LogP contribution in [0.25, 0.3) is 264 Å². The van der Waals surface area contributed by atoms with Crippen molar-refractivity contribution in [2.24, 2.45) is 0 Å². The van der Waals surface area contributed by atoms with Gasteiger partial charge in [-0.3, -0.25) is 0 Å². The van der Waals surface area contributed by atoms with E-state index >= 15 is 0 Å². The first kappa shape index (κ1) is 89.6. The lowest BCUT2D eigenvalue weighted by Crippen LogP contribution is -2.10. The van der Waals surface area contributed by atoms with E-state index in [2.05, 4.69) is 497 Å². The lowest BCUT2D eigenvalue weighted by Gasteiger charge is -2.21. The zero-order valence-electron chi connectivity index (χ0n) is 82.7. The summed E-state index contributed by atoms with van der Waals surface area (Å²) < 4.78 is 19.3. The van der Waals surface area contributed by atoms with Gasteiger partial charge >= 0.3 is 0 Å². The van der Waals surface area contributed by atoms with Crippen molar-refractivity contribution >= 4 is 130 Å². The van der Waals surface area contributed by atoms with Gasteiger partial charge < -0.3 is 13.3 Å². The van der Waals surface area contributed by atoms with Crippen molar-refractivity contribution in [2.75, 3.05) is 0 Å². The van der Waals surface area contributed by atoms with Crippen LogP contribution in [0.2, 0.25) is 0 Å². The maximum Gasteiger partial charge on any atom is 0.143 e. The Bertz CT molecular complexity index is 9690. The van der Waals surface area contributed by atoms with Crippen LogP contribution in [0.3, 0.4) is 0 Å². The molecule has 3 aromatic heterocycles. The van der Waals surface area contributed by atoms with Gasteiger partial charge in [-0.15, -0.1) is 0 Å². The molecule has 0 radical (unpaired) electrons. The van der Waals surface area contributed by atoms with Crippen molar-refractivity contribution in [3.8, 4) is 134 Å². The molecule has 0 unspecified atom stereocenters. The average Bonchev–Trinajstić information content (AvgIpc) is 1.11. The van der Waals surface area contributed by atoms with E-state index in [4.69, 9.17) is 13.3 Å². The van der Waals surface area contributed by atoms with Gasteiger partial charge in [0, 0.05) is 49.0 Å². The lowest BCUT2D eigenvalue weighted by atomic mass is 9.83. The molecule has 3 nitrogen and oxygen atoms in total. The number of furan rings is 3. The first-order chi connectivity index (χ1) is 71.8. The minimum atomic E-state index is 0.0880. The van der Waals surface area contributed by atoms with Crippen LogP contribution in [-0.4, -0.2) is 0 Å². The molecule has 0 spiro atoms. The van der Waals surface area contributed by atoms with E-state index in [1.54, 1.807) is 0 Å². The van der Waals surface area contributed by atoms with Crippen LogP contribution in [0.5, 0.6) is 0 Å². The molecule has 0 fully saturated rings. The smallest absolute Gasteiger partial charge is 0.143 e. The fraction of sp³-hybridized carbons (Fsp3) is 0.0769. The summed E-state index contributed by atoms with van der Waals surface area (Å²) in [5.74, 6) is 0.484. The number of aryl methyl sites for hydroxylation is 1. The Morgan fingerprint density at radius 1 is 0.192 bits per heavy atom. The maximum absolute atomic E-state index is 6.43. The van der Waals surface area contributed by atoms with E-state index in [9.17, 15) is 0 Å². The third-order valence-electron chi connectivity index (χ3n) is 30.0. The zero-order chi connectivity index (χ0) is 98.0. The fourth-order valence-corrected chi connectivity index (χ4v) is 22.7. The lowest BCUT2D eigenvalue weighted by molar-refractivity contribution is 0.590. The molecule has 0 atom stereocenters. The van der Waals surface area contributed by atoms with Crippen LogP contribution in [0.4, 0.5) is 0 Å². The summed E-state index contributed by atoms with van der Waals surface area (Å²) in [6, 6.07) is 179. The van der Waals surface area contributed by atoms with E-state index in [0.29, 0.717) is 5.92 Å². The van der Waals surface area contributed by atoms with Crippen molar-refractivity contribution in [2.45, 2.75) is 72.1 Å². The third-order valence-corrected chi connectivity index (χ3v) is 30.0. The summed E-state index contributed by atoms with van der Waals surface area (Å²) in [5, 5.41) is 22.1. The maximum atomic E-state index is 6.43. The molecule has 696 valence electrons. The Morgan fingerprint density at radius 2 is 0.425 bits per heavy atom. The van der Waals surface area contributed by atoms with Gasteiger partial charge in [0.25, 0.3) is 0 Å². The predicted molar refractivity (Wildman–Crippen MR) is 623 cm³/mol. The van der Waals surface area contributed by atoms with Crippen LogP contribution >= 0.6 is 0 Å². The van der Waals surface area contributed by atoms with Gasteiger partial charge in [-0.1, -0.05) is 485 Å². The van der Waals surface area contributed by atoms with Crippen molar-refractivity contribution in [3.05, 3.63) is 508 Å². The number of fused-ring (bicyclic) bond motifs is 15. The highest BCUT2D eigenvalue weighted by Gasteiger charge is 2.26. The minimum absolute atomic E-state index is 0.0880. The van der Waals surface area contributed by atoms with Gasteiger partial charge in [-0.2, -0.15) is 0 Å². The molecule has 0 aliphatic heterocycles. The Morgan fingerprint density at radius 3 is 0.733 bits per heavy atom. The third kappa shape index (κ3) is 16.4. The van der Waals surface area contributed by atoms with Gasteiger partial charge in [0.1, 0.15) is 33.5 Å². The summed E-state index contributed by atoms with van der Waals surface area (Å²) in [4.78, 5) is 0. The van der Waals surface area contributed by atoms with E-state index in [0.717, 1.165) is 106 Å². The molecule has 0 aliphatic rings. The number of unbranched alkanes of at least 4 members (excludes halogenated alkanes) is 1. The molecule has 0 N–H and O–H groups in total. The quantitative estimate of drug-likeness (QED) is 0.0905. The highest BCUT2D eigenvalue weighted by atomic mass is 16.3. The molecule has 3 heteroatoms. The summed E-state index contributed by atoms with van der Waals surface area (Å²) in [6.07, 6.45) is 3.53. The summed E-state index contributed by atoms with van der Waals surface area (Å²) in [5.41, 5.74) is 38.7. The van der Waals surface area contributed by atoms with Crippen LogP contribution in [0.1, 0.15) is 77.0 Å². The molecule has 3 heterocycles. The second kappa shape index (κ2) is 37.9. The molecule has 0 aliphatic carbocycles. The molecule has 24 aromatic carbocycles. The van der Waals surface area contributed by atoms with Crippen molar-refractivity contribution in [3.63, 3.8) is 0 Å². The van der Waals surface area contributed by atoms with Crippen LogP contribution in [-0.2, 0) is 11.8 Å². The Balaban J connectivity index is 0.000000114. The predicted octanol–water partition coefficient (Wildman–Crippen LogP) is 41.4. The van der Waals surface area contributed by atoms with Gasteiger partial charge in [0.2, 0.25) is 0 Å². The molecule has 27 rings (SSSR count). The van der Waals surface area contributed by atoms with E-state index in [1.807, 2.05) is 36.4 Å². The Hall–Kier alpha value is -17.8. The van der Waals surface area contributed by atoms with Gasteiger partial charge in [-0.05, 0) is 277 Å². The van der Waals surface area contributed by atoms with Crippen molar-refractivity contribution in [1.29, 1.82) is 0 Å². The van der Waals surface area contributed by atoms with Gasteiger partial charge in [0.05, 0.1) is 0 Å². The first-order valence-electron chi connectivity index (χ1n) is 51.3. The zero-order valence-corrected chi connectivity index (χ0v) is 82.7. The minimum Gasteiger partial charge on any atom is -0.455 e. The van der Waals surface area contributed by atoms with E-state index in [-0.39, 0.29) is 5.41 Å². The van der Waals surface area contributed by atoms with E-state index in [1.165, 1.54) is 194 Å². The Kier molecular flexibility index (Phi) is 23.3. The number of hydrogen-bond acceptors (Lipinski definition) is 3. The molecule has 27 aromatic rings. The van der Waals surface area contributed by atoms with Crippen LogP contribution < -0.4 is 0 Å². The van der Waals surface area contributed by atoms with E-state index < -0.39 is 0 Å². The normalized spacial score (nSPS) is 11.8. The topological polar surface area (TPSA) is 39.4 Å². The average molecular weight is 1870 g/mol. The van der Waals surface area contributed by atoms with Crippen molar-refractivity contribution < 1.29 is 13.3 Å². The second-order valence-corrected chi connectivity index (χ2v) is 40.3. The summed E-state index contributed by atoms with van der Waals surface area (Å²) in [6.45, 7) is 13.6. The molecule has 146 heavy (non-hydrogen) atoms. The molecule has 0 saturated carbocycles. The molecule has 0 bridgehead atoms. The summed E-state index contributed by atoms with van der Waals surface area (Å²) in [7, 11) is 0. The van der Waals surface area contributed by atoms with Gasteiger partial charge in [-0.25, -0.2) is 0 Å². The number of benzene rings is 24. The molecular formula is C143H106O3. The summed E-state index contributed by atoms with van der Waals surface area (Å²) >= 11 is 0. The molecule has 0 amide bonds. The van der Waals surface area contributed by atoms with Crippen LogP contribution in [0, 0.1) is 0 Å². The van der Waals surface area contributed by atoms with Crippen molar-refractivity contribution in [1.82, 2.24) is 0 Å². The highest BCUT2D eigenvalue weighted by Crippen LogP contribution is 2.52. The monoisotopic (exact) mass is 1870 g/mol. The highest BCUT2D eigenvalue weighted by molar-refractivity contribution is 6.26. The Labute approximate surface area is 851 Å². The molecular weight excluding hydrogens is 1770 g/mol. The standard InChI is InChI=1S/2C48H36O.C47H34O/c1-48(2,3)36-26-23-32(24-27-36)46-40-19-8-7-18-39(40)45(31-13-5-4-6-14-31)41-28-25-34(30-43(41)46)33-15-11-16-35(29-33)37-20-12-21-42-38-17-9-10-22-44(38)49-47(37)42;1-2-3-13-32-24-26-34(27-25-32)47-41-20-8-7-19-40(41)46(33-14-5-4-6-15-33)42-29-28-36(31-44(42)47)35-16-11-17-37(30-35)38-21-12-22-43-39-18-9-10-23-45(39)49-48(38)43;1-30(2)31-22-24-33(25-23-31)46-40-18-7-6-17-39(40)45(32-12-4-3-5-13-32)41-27-26-35(29-43(41)46)34-14-10-15-36(28-34)37-19-11-20-42-38-16-8-9-21-44(38)48-47(37)42/h4-30H,1-3H3;4-12,14-31H,2-3,13H2,1H3;3-30H,1-2H3. The molecule has 0 saturated heterocycles. The number of rotatable bonds is 16. The fourth-order valence-electron chi connectivity index (χ4n) is 22.7. The van der Waals surface area contributed by atoms with Crippen LogP contribution in [0.15, 0.2) is 505 Å². The van der Waals surface area contributed by atoms with Gasteiger partial charge in [0.15, 0.2) is 0 Å². The second-order valence-electron chi connectivity index (χ2n) is 40.3. The largest absolute Gasteiger partial charge is 0.455 e. The number of para-hydroxylation sites is 6. The number of hydrogen-bond donors (Lipinski definition) is 0.